The van der Waals surface area contributed by atoms with Crippen molar-refractivity contribution in [3.8, 4) is 6.07 Å². The summed E-state index contributed by atoms with van der Waals surface area (Å²) in [5.74, 6) is 0.153. The SMILES string of the molecule is CC(C)(C)C1CCc2c(sc(NC(=O)c3cnn4c3NC(c3ccco3)CC4C(F)(F)F)c2C#N)C1. The van der Waals surface area contributed by atoms with Crippen LogP contribution >= 0.6 is 11.3 Å². The molecule has 1 aliphatic carbocycles. The Morgan fingerprint density at radius 2 is 2.14 bits per heavy atom. The summed E-state index contributed by atoms with van der Waals surface area (Å²) in [6.45, 7) is 6.60. The quantitative estimate of drug-likeness (QED) is 0.415. The molecule has 7 nitrogen and oxygen atoms in total. The van der Waals surface area contributed by atoms with Crippen LogP contribution in [0.2, 0.25) is 0 Å². The largest absolute Gasteiger partial charge is 0.467 e. The summed E-state index contributed by atoms with van der Waals surface area (Å²) in [5.41, 5.74) is 1.50. The number of nitrogens with zero attached hydrogens (tertiary/aromatic N) is 3. The van der Waals surface area contributed by atoms with E-state index >= 15 is 0 Å². The first kappa shape index (κ1) is 24.4. The van der Waals surface area contributed by atoms with Gasteiger partial charge in [0.15, 0.2) is 6.04 Å². The second kappa shape index (κ2) is 8.69. The molecule has 0 radical (unpaired) electrons. The van der Waals surface area contributed by atoms with Crippen molar-refractivity contribution in [1.29, 1.82) is 5.26 Å². The van der Waals surface area contributed by atoms with E-state index in [1.54, 1.807) is 12.1 Å². The average molecular weight is 518 g/mol. The molecule has 0 aromatic carbocycles. The fourth-order valence-corrected chi connectivity index (χ4v) is 6.38. The number of carbonyl (C=O) groups excluding carboxylic acids is 1. The van der Waals surface area contributed by atoms with Gasteiger partial charge < -0.3 is 15.1 Å². The van der Waals surface area contributed by atoms with Gasteiger partial charge >= 0.3 is 6.18 Å². The number of thiophene rings is 1. The maximum atomic E-state index is 13.9. The Morgan fingerprint density at radius 1 is 1.36 bits per heavy atom. The van der Waals surface area contributed by atoms with Crippen LogP contribution in [0, 0.1) is 22.7 Å². The van der Waals surface area contributed by atoms with Gasteiger partial charge in [0, 0.05) is 11.3 Å². The summed E-state index contributed by atoms with van der Waals surface area (Å²) in [6.07, 6.45) is 0.195. The minimum atomic E-state index is -4.56. The molecule has 11 heteroatoms. The van der Waals surface area contributed by atoms with Gasteiger partial charge in [0.25, 0.3) is 5.91 Å². The minimum Gasteiger partial charge on any atom is -0.467 e. The zero-order valence-corrected chi connectivity index (χ0v) is 20.9. The van der Waals surface area contributed by atoms with Gasteiger partial charge in [0.05, 0.1) is 24.1 Å². The third-order valence-corrected chi connectivity index (χ3v) is 8.37. The van der Waals surface area contributed by atoms with E-state index in [9.17, 15) is 23.2 Å². The lowest BCUT2D eigenvalue weighted by Crippen LogP contribution is -2.36. The van der Waals surface area contributed by atoms with E-state index in [0.717, 1.165) is 40.6 Å². The number of alkyl halides is 3. The van der Waals surface area contributed by atoms with Crippen LogP contribution in [-0.4, -0.2) is 21.9 Å². The topological polar surface area (TPSA) is 95.9 Å². The summed E-state index contributed by atoms with van der Waals surface area (Å²) in [7, 11) is 0. The smallest absolute Gasteiger partial charge is 0.410 e. The summed E-state index contributed by atoms with van der Waals surface area (Å²) in [4.78, 5) is 14.4. The Morgan fingerprint density at radius 3 is 2.78 bits per heavy atom. The molecular weight excluding hydrogens is 491 g/mol. The van der Waals surface area contributed by atoms with Gasteiger partial charge in [0.2, 0.25) is 0 Å². The molecule has 1 aliphatic heterocycles. The van der Waals surface area contributed by atoms with Crippen molar-refractivity contribution in [2.24, 2.45) is 11.3 Å². The normalized spacial score (nSPS) is 21.8. The molecule has 36 heavy (non-hydrogen) atoms. The molecule has 2 aliphatic rings. The average Bonchev–Trinajstić information content (AvgIpc) is 3.54. The van der Waals surface area contributed by atoms with Gasteiger partial charge in [-0.2, -0.15) is 23.5 Å². The first-order valence-corrected chi connectivity index (χ1v) is 12.6. The molecule has 0 fully saturated rings. The number of carbonyl (C=O) groups is 1. The van der Waals surface area contributed by atoms with Crippen molar-refractivity contribution >= 4 is 28.1 Å². The molecule has 0 saturated carbocycles. The number of nitriles is 1. The molecule has 3 unspecified atom stereocenters. The Hall–Kier alpha value is -3.26. The molecule has 190 valence electrons. The maximum absolute atomic E-state index is 13.9. The lowest BCUT2D eigenvalue weighted by Gasteiger charge is -2.33. The maximum Gasteiger partial charge on any atom is 0.410 e. The fourth-order valence-electron chi connectivity index (χ4n) is 5.11. The highest BCUT2D eigenvalue weighted by Gasteiger charge is 2.48. The Bertz CT molecular complexity index is 1330. The molecule has 0 bridgehead atoms. The summed E-state index contributed by atoms with van der Waals surface area (Å²) >= 11 is 1.38. The van der Waals surface area contributed by atoms with Gasteiger partial charge in [-0.05, 0) is 48.3 Å². The standard InChI is InChI=1S/C25H26F3N5O2S/c1-24(2,3)13-6-7-14-15(11-29)23(36-19(14)9-13)32-22(34)16-12-30-33-20(25(26,27)28)10-17(31-21(16)33)18-5-4-8-35-18/h4-5,8,12-13,17,20,31H,6-7,9-10H2,1-3H3,(H,32,34). The van der Waals surface area contributed by atoms with E-state index in [1.165, 1.54) is 17.6 Å². The van der Waals surface area contributed by atoms with Crippen LogP contribution in [0.5, 0.6) is 0 Å². The number of rotatable bonds is 3. The molecule has 3 aromatic rings. The highest BCUT2D eigenvalue weighted by atomic mass is 32.1. The van der Waals surface area contributed by atoms with Crippen molar-refractivity contribution < 1.29 is 22.4 Å². The van der Waals surface area contributed by atoms with E-state index in [4.69, 9.17) is 4.42 Å². The fraction of sp³-hybridized carbons (Fsp3) is 0.480. The summed E-state index contributed by atoms with van der Waals surface area (Å²) in [5, 5.41) is 20.0. The third kappa shape index (κ3) is 4.28. The Balaban J connectivity index is 1.45. The zero-order valence-electron chi connectivity index (χ0n) is 20.1. The minimum absolute atomic E-state index is 0.0247. The van der Waals surface area contributed by atoms with Gasteiger partial charge in [-0.25, -0.2) is 4.68 Å². The lowest BCUT2D eigenvalue weighted by molar-refractivity contribution is -0.174. The second-order valence-electron chi connectivity index (χ2n) is 10.4. The highest BCUT2D eigenvalue weighted by Crippen LogP contribution is 2.46. The molecule has 0 spiro atoms. The molecule has 0 saturated heterocycles. The number of nitrogens with one attached hydrogen (secondary N) is 2. The number of aromatic nitrogens is 2. The zero-order chi connectivity index (χ0) is 25.8. The van der Waals surface area contributed by atoms with Gasteiger partial charge in [0.1, 0.15) is 28.2 Å². The van der Waals surface area contributed by atoms with Crippen LogP contribution in [0.3, 0.4) is 0 Å². The molecule has 4 heterocycles. The number of amides is 1. The van der Waals surface area contributed by atoms with E-state index in [1.807, 2.05) is 0 Å². The lowest BCUT2D eigenvalue weighted by atomic mass is 9.72. The van der Waals surface area contributed by atoms with Gasteiger partial charge in [-0.1, -0.05) is 20.8 Å². The van der Waals surface area contributed by atoms with Crippen molar-refractivity contribution in [2.45, 2.75) is 64.7 Å². The van der Waals surface area contributed by atoms with Crippen LogP contribution < -0.4 is 10.6 Å². The van der Waals surface area contributed by atoms with Crippen LogP contribution in [-0.2, 0) is 12.8 Å². The van der Waals surface area contributed by atoms with E-state index in [0.29, 0.717) is 22.2 Å². The predicted molar refractivity (Wildman–Crippen MR) is 129 cm³/mol. The van der Waals surface area contributed by atoms with Crippen LogP contribution in [0.15, 0.2) is 29.0 Å². The van der Waals surface area contributed by atoms with Crippen molar-refractivity contribution in [3.63, 3.8) is 0 Å². The number of hydrogen-bond donors (Lipinski definition) is 2. The number of halogens is 3. The van der Waals surface area contributed by atoms with E-state index < -0.39 is 24.2 Å². The van der Waals surface area contributed by atoms with Crippen molar-refractivity contribution in [1.82, 2.24) is 9.78 Å². The first-order valence-electron chi connectivity index (χ1n) is 11.8. The second-order valence-corrected chi connectivity index (χ2v) is 11.5. The van der Waals surface area contributed by atoms with Crippen LogP contribution in [0.4, 0.5) is 24.0 Å². The highest BCUT2D eigenvalue weighted by molar-refractivity contribution is 7.16. The summed E-state index contributed by atoms with van der Waals surface area (Å²) in [6, 6.07) is 2.73. The molecule has 1 amide bonds. The Kier molecular flexibility index (Phi) is 5.90. The number of furan rings is 1. The summed E-state index contributed by atoms with van der Waals surface area (Å²) < 4.78 is 47.8. The molecule has 3 atom stereocenters. The van der Waals surface area contributed by atoms with Gasteiger partial charge in [-0.15, -0.1) is 11.3 Å². The van der Waals surface area contributed by atoms with E-state index in [2.05, 4.69) is 42.6 Å². The van der Waals surface area contributed by atoms with E-state index in [-0.39, 0.29) is 23.2 Å². The molecule has 5 rings (SSSR count). The Labute approximate surface area is 210 Å². The molecule has 2 N–H and O–H groups in total. The van der Waals surface area contributed by atoms with Gasteiger partial charge in [-0.3, -0.25) is 4.79 Å². The monoisotopic (exact) mass is 517 g/mol. The first-order chi connectivity index (χ1) is 17.0. The van der Waals surface area contributed by atoms with Crippen molar-refractivity contribution in [3.05, 3.63) is 51.9 Å². The molecule has 3 aromatic heterocycles. The number of hydrogen-bond acceptors (Lipinski definition) is 6. The third-order valence-electron chi connectivity index (χ3n) is 7.20. The molecular formula is C25H26F3N5O2S. The number of fused-ring (bicyclic) bond motifs is 2. The number of anilines is 2. The van der Waals surface area contributed by atoms with Crippen molar-refractivity contribution in [2.75, 3.05) is 10.6 Å². The van der Waals surface area contributed by atoms with Crippen LogP contribution in [0.25, 0.3) is 0 Å². The van der Waals surface area contributed by atoms with Crippen LogP contribution in [0.1, 0.15) is 77.8 Å². The predicted octanol–water partition coefficient (Wildman–Crippen LogP) is 6.47.